The molecule has 10 heteroatoms. The number of nitrogens with one attached hydrogen (secondary N) is 1. The zero-order valence-corrected chi connectivity index (χ0v) is 12.7. The SMILES string of the molecule is CC1(C)C(=O)NC(=O)CN1S(=O)(=O)c1csc(C(=O)O)c1. The molecule has 0 saturated carbocycles. The van der Waals surface area contributed by atoms with Gasteiger partial charge in [-0.15, -0.1) is 11.3 Å². The first-order valence-electron chi connectivity index (χ1n) is 5.76. The quantitative estimate of drug-likeness (QED) is 0.744. The van der Waals surface area contributed by atoms with Crippen molar-refractivity contribution in [3.05, 3.63) is 16.3 Å². The zero-order valence-electron chi connectivity index (χ0n) is 11.1. The van der Waals surface area contributed by atoms with E-state index in [0.717, 1.165) is 21.7 Å². The number of hydrogen-bond acceptors (Lipinski definition) is 6. The Morgan fingerprint density at radius 3 is 2.57 bits per heavy atom. The zero-order chi connectivity index (χ0) is 16.0. The minimum atomic E-state index is -4.15. The summed E-state index contributed by atoms with van der Waals surface area (Å²) in [5, 5.41) is 12.1. The third-order valence-electron chi connectivity index (χ3n) is 3.09. The van der Waals surface area contributed by atoms with Crippen LogP contribution in [-0.4, -0.2) is 47.7 Å². The summed E-state index contributed by atoms with van der Waals surface area (Å²) in [7, 11) is -4.15. The average Bonchev–Trinajstić information content (AvgIpc) is 2.84. The van der Waals surface area contributed by atoms with Crippen molar-refractivity contribution >= 4 is 39.1 Å². The van der Waals surface area contributed by atoms with Crippen LogP contribution < -0.4 is 5.32 Å². The molecule has 0 radical (unpaired) electrons. The molecule has 2 amide bonds. The Balaban J connectivity index is 2.48. The van der Waals surface area contributed by atoms with Crippen molar-refractivity contribution in [3.63, 3.8) is 0 Å². The van der Waals surface area contributed by atoms with Gasteiger partial charge in [0.05, 0.1) is 11.4 Å². The lowest BCUT2D eigenvalue weighted by Gasteiger charge is -2.38. The lowest BCUT2D eigenvalue weighted by atomic mass is 10.0. The van der Waals surface area contributed by atoms with E-state index in [2.05, 4.69) is 5.32 Å². The van der Waals surface area contributed by atoms with E-state index in [9.17, 15) is 22.8 Å². The van der Waals surface area contributed by atoms with Crippen LogP contribution in [0.1, 0.15) is 23.5 Å². The van der Waals surface area contributed by atoms with Gasteiger partial charge in [-0.3, -0.25) is 14.9 Å². The molecule has 2 N–H and O–H groups in total. The molecular weight excluding hydrogens is 320 g/mol. The topological polar surface area (TPSA) is 121 Å². The maximum absolute atomic E-state index is 12.5. The molecule has 0 aliphatic carbocycles. The minimum absolute atomic E-state index is 0.140. The van der Waals surface area contributed by atoms with E-state index in [1.54, 1.807) is 0 Å². The summed E-state index contributed by atoms with van der Waals surface area (Å²) in [6.07, 6.45) is 0. The molecule has 1 aromatic heterocycles. The molecule has 1 aromatic rings. The normalized spacial score (nSPS) is 19.3. The van der Waals surface area contributed by atoms with Gasteiger partial charge in [0.2, 0.25) is 21.8 Å². The number of carbonyl (C=O) groups excluding carboxylic acids is 2. The molecule has 2 rings (SSSR count). The Bertz CT molecular complexity index is 734. The number of thiophene rings is 1. The predicted molar refractivity (Wildman–Crippen MR) is 72.4 cm³/mol. The summed E-state index contributed by atoms with van der Waals surface area (Å²) in [5.74, 6) is -2.69. The molecule has 0 unspecified atom stereocenters. The Hall–Kier alpha value is -1.78. The molecule has 0 aromatic carbocycles. The first-order valence-corrected chi connectivity index (χ1v) is 8.07. The van der Waals surface area contributed by atoms with Gasteiger partial charge in [0.15, 0.2) is 0 Å². The Kier molecular flexibility index (Phi) is 3.64. The number of carboxylic acids is 1. The number of rotatable bonds is 3. The molecule has 0 atom stereocenters. The van der Waals surface area contributed by atoms with E-state index in [1.807, 2.05) is 0 Å². The fourth-order valence-corrected chi connectivity index (χ4v) is 4.64. The standard InChI is InChI=1S/C11H12N2O6S2/c1-11(2)10(17)12-8(14)4-13(11)21(18,19)6-3-7(9(15)16)20-5-6/h3,5H,4H2,1-2H3,(H,15,16)(H,12,14,17). The van der Waals surface area contributed by atoms with Crippen molar-refractivity contribution < 1.29 is 27.9 Å². The average molecular weight is 332 g/mol. The lowest BCUT2D eigenvalue weighted by molar-refractivity contribution is -0.141. The second-order valence-electron chi connectivity index (χ2n) is 4.90. The van der Waals surface area contributed by atoms with Gasteiger partial charge in [0, 0.05) is 5.38 Å². The molecule has 1 fully saturated rings. The fraction of sp³-hybridized carbons (Fsp3) is 0.364. The van der Waals surface area contributed by atoms with Crippen LogP contribution in [0.15, 0.2) is 16.3 Å². The smallest absolute Gasteiger partial charge is 0.345 e. The number of nitrogens with zero attached hydrogens (tertiary/aromatic N) is 1. The lowest BCUT2D eigenvalue weighted by Crippen LogP contribution is -2.65. The number of sulfonamides is 1. The van der Waals surface area contributed by atoms with Gasteiger partial charge in [-0.25, -0.2) is 13.2 Å². The molecule has 114 valence electrons. The van der Waals surface area contributed by atoms with Crippen LogP contribution in [-0.2, 0) is 19.6 Å². The van der Waals surface area contributed by atoms with Crippen LogP contribution in [0.3, 0.4) is 0 Å². The van der Waals surface area contributed by atoms with E-state index in [-0.39, 0.29) is 9.77 Å². The van der Waals surface area contributed by atoms with Crippen molar-refractivity contribution in [2.24, 2.45) is 0 Å². The first kappa shape index (κ1) is 15.6. The maximum Gasteiger partial charge on any atom is 0.345 e. The van der Waals surface area contributed by atoms with Gasteiger partial charge in [-0.05, 0) is 19.9 Å². The van der Waals surface area contributed by atoms with Crippen LogP contribution in [0.5, 0.6) is 0 Å². The highest BCUT2D eigenvalue weighted by Gasteiger charge is 2.47. The van der Waals surface area contributed by atoms with Gasteiger partial charge < -0.3 is 5.11 Å². The molecule has 0 bridgehead atoms. The second kappa shape index (κ2) is 4.90. The Labute approximate surface area is 124 Å². The van der Waals surface area contributed by atoms with Crippen LogP contribution in [0, 0.1) is 0 Å². The van der Waals surface area contributed by atoms with E-state index in [4.69, 9.17) is 5.11 Å². The highest BCUT2D eigenvalue weighted by Crippen LogP contribution is 2.29. The number of hydrogen-bond donors (Lipinski definition) is 2. The number of piperazine rings is 1. The number of aromatic carboxylic acids is 1. The third kappa shape index (κ3) is 2.57. The van der Waals surface area contributed by atoms with E-state index < -0.39 is 39.9 Å². The highest BCUT2D eigenvalue weighted by molar-refractivity contribution is 7.89. The predicted octanol–water partition coefficient (Wildman–Crippen LogP) is -0.128. The summed E-state index contributed by atoms with van der Waals surface area (Å²) in [6.45, 7) is 2.24. The summed E-state index contributed by atoms with van der Waals surface area (Å²) < 4.78 is 25.8. The summed E-state index contributed by atoms with van der Waals surface area (Å²) >= 11 is 0.759. The van der Waals surface area contributed by atoms with Crippen molar-refractivity contribution in [2.75, 3.05) is 6.54 Å². The van der Waals surface area contributed by atoms with Gasteiger partial charge >= 0.3 is 5.97 Å². The fourth-order valence-electron chi connectivity index (χ4n) is 1.84. The minimum Gasteiger partial charge on any atom is -0.477 e. The molecule has 1 saturated heterocycles. The summed E-state index contributed by atoms with van der Waals surface area (Å²) in [6, 6.07) is 1.01. The van der Waals surface area contributed by atoms with Gasteiger partial charge in [0.25, 0.3) is 0 Å². The third-order valence-corrected chi connectivity index (χ3v) is 6.16. The van der Waals surface area contributed by atoms with Crippen molar-refractivity contribution in [1.29, 1.82) is 0 Å². The maximum atomic E-state index is 12.5. The first-order chi connectivity index (χ1) is 9.56. The number of carboxylic acid groups (broad SMARTS) is 1. The molecule has 1 aliphatic rings. The molecule has 0 spiro atoms. The number of imide groups is 1. The summed E-state index contributed by atoms with van der Waals surface area (Å²) in [5.41, 5.74) is -1.45. The van der Waals surface area contributed by atoms with E-state index >= 15 is 0 Å². The van der Waals surface area contributed by atoms with Crippen LogP contribution in [0.4, 0.5) is 0 Å². The molecule has 2 heterocycles. The number of amides is 2. The van der Waals surface area contributed by atoms with Crippen LogP contribution >= 0.6 is 11.3 Å². The Morgan fingerprint density at radius 1 is 1.43 bits per heavy atom. The van der Waals surface area contributed by atoms with Crippen LogP contribution in [0.2, 0.25) is 0 Å². The van der Waals surface area contributed by atoms with Crippen molar-refractivity contribution in [2.45, 2.75) is 24.3 Å². The largest absolute Gasteiger partial charge is 0.477 e. The molecular formula is C11H12N2O6S2. The molecule has 1 aliphatic heterocycles. The van der Waals surface area contributed by atoms with Gasteiger partial charge in [0.1, 0.15) is 10.4 Å². The monoisotopic (exact) mass is 332 g/mol. The highest BCUT2D eigenvalue weighted by atomic mass is 32.2. The van der Waals surface area contributed by atoms with Gasteiger partial charge in [-0.1, -0.05) is 0 Å². The number of carbonyl (C=O) groups is 3. The molecule has 8 nitrogen and oxygen atoms in total. The second-order valence-corrected chi connectivity index (χ2v) is 7.67. The van der Waals surface area contributed by atoms with E-state index in [0.29, 0.717) is 0 Å². The summed E-state index contributed by atoms with van der Waals surface area (Å²) in [4.78, 5) is 33.7. The molecule has 21 heavy (non-hydrogen) atoms. The Morgan fingerprint density at radius 2 is 2.05 bits per heavy atom. The van der Waals surface area contributed by atoms with Crippen LogP contribution in [0.25, 0.3) is 0 Å². The van der Waals surface area contributed by atoms with Crippen molar-refractivity contribution in [1.82, 2.24) is 9.62 Å². The van der Waals surface area contributed by atoms with E-state index in [1.165, 1.54) is 19.2 Å². The van der Waals surface area contributed by atoms with Gasteiger partial charge in [-0.2, -0.15) is 4.31 Å². The van der Waals surface area contributed by atoms with Crippen molar-refractivity contribution in [3.8, 4) is 0 Å².